The molecule has 1 atom stereocenters. The Labute approximate surface area is 223 Å². The van der Waals surface area contributed by atoms with Gasteiger partial charge in [0.25, 0.3) is 5.56 Å². The molecule has 206 valence electrons. The second-order valence-corrected chi connectivity index (χ2v) is 9.28. The number of carbonyl (C=O) groups excluding carboxylic acids is 1. The van der Waals surface area contributed by atoms with Crippen LogP contribution in [0.5, 0.6) is 0 Å². The van der Waals surface area contributed by atoms with E-state index in [1.807, 2.05) is 6.07 Å². The van der Waals surface area contributed by atoms with E-state index < -0.39 is 46.3 Å². The van der Waals surface area contributed by atoms with E-state index in [9.17, 15) is 37.6 Å². The van der Waals surface area contributed by atoms with Crippen molar-refractivity contribution in [2.75, 3.05) is 6.61 Å². The number of halogens is 3. The van der Waals surface area contributed by atoms with Crippen LogP contribution in [0.3, 0.4) is 0 Å². The summed E-state index contributed by atoms with van der Waals surface area (Å²) >= 11 is 0. The third-order valence-corrected chi connectivity index (χ3v) is 7.11. The number of rotatable bonds is 5. The summed E-state index contributed by atoms with van der Waals surface area (Å²) in [5.74, 6) is -1.00. The van der Waals surface area contributed by atoms with Crippen LogP contribution >= 0.6 is 0 Å². The molecule has 0 bridgehead atoms. The van der Waals surface area contributed by atoms with Crippen LogP contribution < -0.4 is 16.9 Å². The number of nitrogens with zero attached hydrogens (tertiary/aromatic N) is 5. The Hall–Kier alpha value is -4.86. The summed E-state index contributed by atoms with van der Waals surface area (Å²) < 4.78 is 50.4. The fourth-order valence-electron chi connectivity index (χ4n) is 5.32. The standard InChI is InChI=1S/C27H22F3N5O5/c1-3-40-24(37)18-14-34(15-7-9-21-22(13-15)33(12-11-31)25(38)32(21)2)26(39)35(23(18)36)20-10-8-16-17(20)5-4-6-19(16)27(28,29)30/h4-7,9,13-14,20H,3,8,10,12H2,1-2H3/t20-/m1/s1. The summed E-state index contributed by atoms with van der Waals surface area (Å²) in [4.78, 5) is 52.7. The largest absolute Gasteiger partial charge is 0.462 e. The zero-order chi connectivity index (χ0) is 28.9. The summed E-state index contributed by atoms with van der Waals surface area (Å²) in [6.07, 6.45) is -3.59. The van der Waals surface area contributed by atoms with E-state index in [1.165, 1.54) is 47.4 Å². The number of aromatic nitrogens is 4. The molecule has 10 nitrogen and oxygen atoms in total. The van der Waals surface area contributed by atoms with Gasteiger partial charge in [0.15, 0.2) is 0 Å². The normalized spacial score (nSPS) is 14.8. The molecular weight excluding hydrogens is 531 g/mol. The molecule has 1 aliphatic rings. The van der Waals surface area contributed by atoms with E-state index in [-0.39, 0.29) is 42.8 Å². The zero-order valence-corrected chi connectivity index (χ0v) is 21.4. The number of hydrogen-bond donors (Lipinski definition) is 0. The van der Waals surface area contributed by atoms with Crippen molar-refractivity contribution in [1.29, 1.82) is 5.26 Å². The summed E-state index contributed by atoms with van der Waals surface area (Å²) in [5.41, 5.74) is -2.53. The Balaban J connectivity index is 1.78. The molecule has 4 aromatic rings. The lowest BCUT2D eigenvalue weighted by molar-refractivity contribution is -0.138. The van der Waals surface area contributed by atoms with Crippen molar-refractivity contribution >= 4 is 17.0 Å². The van der Waals surface area contributed by atoms with Gasteiger partial charge < -0.3 is 4.74 Å². The minimum Gasteiger partial charge on any atom is -0.462 e. The number of nitriles is 1. The van der Waals surface area contributed by atoms with Gasteiger partial charge in [0, 0.05) is 13.2 Å². The summed E-state index contributed by atoms with van der Waals surface area (Å²) in [6, 6.07) is 8.96. The van der Waals surface area contributed by atoms with Gasteiger partial charge in [-0.25, -0.2) is 14.4 Å². The van der Waals surface area contributed by atoms with E-state index >= 15 is 0 Å². The number of carbonyl (C=O) groups is 1. The Morgan fingerprint density at radius 2 is 1.88 bits per heavy atom. The van der Waals surface area contributed by atoms with Crippen LogP contribution in [0.2, 0.25) is 0 Å². The number of alkyl halides is 3. The van der Waals surface area contributed by atoms with Crippen molar-refractivity contribution in [2.24, 2.45) is 7.05 Å². The topological polar surface area (TPSA) is 121 Å². The molecule has 0 saturated heterocycles. The Bertz CT molecular complexity index is 1910. The third kappa shape index (κ3) is 4.12. The molecule has 1 aliphatic carbocycles. The maximum absolute atomic E-state index is 13.8. The molecule has 0 radical (unpaired) electrons. The molecule has 0 spiro atoms. The van der Waals surface area contributed by atoms with Crippen molar-refractivity contribution in [2.45, 2.75) is 38.5 Å². The van der Waals surface area contributed by atoms with Gasteiger partial charge in [-0.05, 0) is 55.2 Å². The van der Waals surface area contributed by atoms with Gasteiger partial charge >= 0.3 is 23.5 Å². The number of hydrogen-bond acceptors (Lipinski definition) is 6. The van der Waals surface area contributed by atoms with Gasteiger partial charge in [-0.3, -0.25) is 23.1 Å². The second-order valence-electron chi connectivity index (χ2n) is 9.28. The van der Waals surface area contributed by atoms with E-state index in [1.54, 1.807) is 6.07 Å². The summed E-state index contributed by atoms with van der Waals surface area (Å²) in [6.45, 7) is 1.22. The average Bonchev–Trinajstić information content (AvgIpc) is 3.43. The molecule has 5 rings (SSSR count). The molecule has 0 aliphatic heterocycles. The second kappa shape index (κ2) is 9.71. The molecule has 0 N–H and O–H groups in total. The summed E-state index contributed by atoms with van der Waals surface area (Å²) in [5, 5.41) is 9.20. The van der Waals surface area contributed by atoms with Crippen molar-refractivity contribution in [1.82, 2.24) is 18.3 Å². The smallest absolute Gasteiger partial charge is 0.416 e. The summed E-state index contributed by atoms with van der Waals surface area (Å²) in [7, 11) is 1.52. The van der Waals surface area contributed by atoms with Crippen molar-refractivity contribution < 1.29 is 22.7 Å². The number of aryl methyl sites for hydroxylation is 1. The van der Waals surface area contributed by atoms with Crippen LogP contribution in [0.15, 0.2) is 57.0 Å². The van der Waals surface area contributed by atoms with Gasteiger partial charge in [0.05, 0.1) is 41.0 Å². The predicted octanol–water partition coefficient (Wildman–Crippen LogP) is 2.91. The van der Waals surface area contributed by atoms with Crippen molar-refractivity contribution in [3.05, 3.63) is 96.2 Å². The number of benzene rings is 2. The van der Waals surface area contributed by atoms with Gasteiger partial charge in [-0.15, -0.1) is 0 Å². The van der Waals surface area contributed by atoms with Crippen LogP contribution in [0.1, 0.15) is 46.4 Å². The van der Waals surface area contributed by atoms with E-state index in [0.29, 0.717) is 11.0 Å². The lowest BCUT2D eigenvalue weighted by atomic mass is 10.0. The van der Waals surface area contributed by atoms with Gasteiger partial charge in [-0.2, -0.15) is 18.4 Å². The lowest BCUT2D eigenvalue weighted by Gasteiger charge is -2.19. The molecule has 2 aromatic heterocycles. The van der Waals surface area contributed by atoms with Crippen LogP contribution in [-0.4, -0.2) is 30.8 Å². The van der Waals surface area contributed by atoms with Crippen LogP contribution in [0, 0.1) is 11.3 Å². The molecule has 13 heteroatoms. The zero-order valence-electron chi connectivity index (χ0n) is 21.4. The predicted molar refractivity (Wildman–Crippen MR) is 137 cm³/mol. The highest BCUT2D eigenvalue weighted by Crippen LogP contribution is 2.41. The monoisotopic (exact) mass is 553 g/mol. The number of fused-ring (bicyclic) bond motifs is 2. The molecule has 0 fully saturated rings. The molecule has 0 amide bonds. The number of ether oxygens (including phenoxy) is 1. The van der Waals surface area contributed by atoms with Crippen LogP contribution in [0.4, 0.5) is 13.2 Å². The van der Waals surface area contributed by atoms with Gasteiger partial charge in [0.2, 0.25) is 0 Å². The Morgan fingerprint density at radius 1 is 1.12 bits per heavy atom. The average molecular weight is 553 g/mol. The van der Waals surface area contributed by atoms with E-state index in [0.717, 1.165) is 21.4 Å². The van der Waals surface area contributed by atoms with Crippen LogP contribution in [0.25, 0.3) is 16.7 Å². The molecule has 0 saturated carbocycles. The molecule has 0 unspecified atom stereocenters. The molecule has 2 heterocycles. The Kier molecular flexibility index (Phi) is 6.49. The lowest BCUT2D eigenvalue weighted by Crippen LogP contribution is -2.44. The number of imidazole rings is 1. The van der Waals surface area contributed by atoms with Gasteiger partial charge in [0.1, 0.15) is 12.1 Å². The first-order valence-corrected chi connectivity index (χ1v) is 12.3. The van der Waals surface area contributed by atoms with Crippen LogP contribution in [-0.2, 0) is 30.9 Å². The maximum atomic E-state index is 13.8. The fourth-order valence-corrected chi connectivity index (χ4v) is 5.32. The number of esters is 1. The highest BCUT2D eigenvalue weighted by Gasteiger charge is 2.38. The third-order valence-electron chi connectivity index (χ3n) is 7.11. The SMILES string of the molecule is CCOC(=O)c1cn(-c2ccc3c(c2)n(CC#N)c(=O)n3C)c(=O)n([C@@H]2CCc3c2cccc3C(F)(F)F)c1=O. The van der Waals surface area contributed by atoms with Gasteiger partial charge in [-0.1, -0.05) is 12.1 Å². The molecular formula is C27H22F3N5O5. The quantitative estimate of drug-likeness (QED) is 0.351. The molecule has 2 aromatic carbocycles. The maximum Gasteiger partial charge on any atom is 0.416 e. The minimum atomic E-state index is -4.62. The van der Waals surface area contributed by atoms with E-state index in [4.69, 9.17) is 4.74 Å². The first-order valence-electron chi connectivity index (χ1n) is 12.3. The highest BCUT2D eigenvalue weighted by molar-refractivity contribution is 5.88. The van der Waals surface area contributed by atoms with Crippen molar-refractivity contribution in [3.8, 4) is 11.8 Å². The fraction of sp³-hybridized carbons (Fsp3) is 0.296. The first kappa shape index (κ1) is 26.7. The molecule has 40 heavy (non-hydrogen) atoms. The minimum absolute atomic E-state index is 0.00869. The van der Waals surface area contributed by atoms with Crippen molar-refractivity contribution in [3.63, 3.8) is 0 Å². The first-order chi connectivity index (χ1) is 19.0. The Morgan fingerprint density at radius 3 is 2.55 bits per heavy atom. The van der Waals surface area contributed by atoms with E-state index in [2.05, 4.69) is 0 Å². The highest BCUT2D eigenvalue weighted by atomic mass is 19.4.